The van der Waals surface area contributed by atoms with Crippen LogP contribution in [-0.4, -0.2) is 22.0 Å². The summed E-state index contributed by atoms with van der Waals surface area (Å²) >= 11 is 7.44. The van der Waals surface area contributed by atoms with E-state index in [4.69, 9.17) is 16.6 Å². The molecule has 3 nitrogen and oxygen atoms in total. The first-order valence-electron chi connectivity index (χ1n) is 9.33. The number of hydrogen-bond donors (Lipinski definition) is 0. The quantitative estimate of drug-likeness (QED) is 0.572. The molecule has 0 radical (unpaired) electrons. The van der Waals surface area contributed by atoms with E-state index in [1.165, 1.54) is 31.0 Å². The normalized spacial score (nSPS) is 21.4. The van der Waals surface area contributed by atoms with Crippen LogP contribution in [0.4, 0.5) is 5.69 Å². The maximum atomic E-state index is 13.2. The van der Waals surface area contributed by atoms with E-state index in [1.807, 2.05) is 65.6 Å². The smallest absolute Gasteiger partial charge is 0.267 e. The largest absolute Gasteiger partial charge is 0.283 e. The molecular weight excluding hydrogens is 376 g/mol. The molecule has 1 aliphatic heterocycles. The number of aliphatic imine (C=N–C) groups is 1. The van der Waals surface area contributed by atoms with Gasteiger partial charge in [0, 0.05) is 11.1 Å². The van der Waals surface area contributed by atoms with E-state index in [2.05, 4.69) is 0 Å². The second kappa shape index (κ2) is 8.32. The Bertz CT molecular complexity index is 871. The van der Waals surface area contributed by atoms with Crippen molar-refractivity contribution in [3.8, 4) is 0 Å². The number of halogens is 1. The molecule has 2 aliphatic rings. The molecule has 0 unspecified atom stereocenters. The number of hydrogen-bond acceptors (Lipinski definition) is 3. The molecule has 2 aromatic carbocycles. The first-order valence-corrected chi connectivity index (χ1v) is 10.5. The van der Waals surface area contributed by atoms with Crippen molar-refractivity contribution in [3.63, 3.8) is 0 Å². The molecule has 5 heteroatoms. The summed E-state index contributed by atoms with van der Waals surface area (Å²) in [4.78, 5) is 20.6. The van der Waals surface area contributed by atoms with Crippen molar-refractivity contribution < 1.29 is 4.79 Å². The Hall–Kier alpha value is -2.04. The van der Waals surface area contributed by atoms with Gasteiger partial charge in [-0.25, -0.2) is 4.99 Å². The van der Waals surface area contributed by atoms with Gasteiger partial charge in [0.25, 0.3) is 5.91 Å². The molecule has 27 heavy (non-hydrogen) atoms. The van der Waals surface area contributed by atoms with Crippen molar-refractivity contribution in [2.45, 2.75) is 38.1 Å². The molecule has 1 saturated heterocycles. The fourth-order valence-corrected chi connectivity index (χ4v) is 4.73. The molecule has 1 amide bonds. The third kappa shape index (κ3) is 4.28. The minimum atomic E-state index is 0.0662. The lowest BCUT2D eigenvalue weighted by molar-refractivity contribution is -0.124. The molecule has 2 fully saturated rings. The zero-order valence-electron chi connectivity index (χ0n) is 15.0. The van der Waals surface area contributed by atoms with Gasteiger partial charge in [-0.05, 0) is 60.5 Å². The Morgan fingerprint density at radius 1 is 1.00 bits per heavy atom. The van der Waals surface area contributed by atoms with E-state index in [0.29, 0.717) is 5.02 Å². The number of carbonyl (C=O) groups is 1. The number of carbonyl (C=O) groups excluding carboxylic acids is 1. The molecule has 2 aromatic rings. The molecule has 138 valence electrons. The standard InChI is InChI=1S/C22H21ClN2OS/c23-17-13-11-16(12-14-17)15-20-21(26)25(19-9-5-2-6-10-19)22(27-20)24-18-7-3-1-4-8-18/h1,3-4,7-8,11-15,19H,2,5-6,9-10H2. The maximum Gasteiger partial charge on any atom is 0.267 e. The van der Waals surface area contributed by atoms with Crippen LogP contribution < -0.4 is 0 Å². The molecule has 0 atom stereocenters. The fraction of sp³-hybridized carbons (Fsp3) is 0.273. The summed E-state index contributed by atoms with van der Waals surface area (Å²) in [7, 11) is 0. The van der Waals surface area contributed by atoms with Crippen LogP contribution in [0.25, 0.3) is 6.08 Å². The van der Waals surface area contributed by atoms with E-state index in [9.17, 15) is 4.79 Å². The number of amidine groups is 1. The number of thioether (sulfide) groups is 1. The van der Waals surface area contributed by atoms with E-state index < -0.39 is 0 Å². The molecule has 0 N–H and O–H groups in total. The maximum absolute atomic E-state index is 13.2. The second-order valence-electron chi connectivity index (χ2n) is 6.86. The van der Waals surface area contributed by atoms with E-state index in [0.717, 1.165) is 34.2 Å². The van der Waals surface area contributed by atoms with Gasteiger partial charge in [-0.2, -0.15) is 0 Å². The zero-order valence-corrected chi connectivity index (χ0v) is 16.5. The van der Waals surface area contributed by atoms with Gasteiger partial charge in [-0.3, -0.25) is 9.69 Å². The Labute approximate surface area is 169 Å². The molecule has 0 bridgehead atoms. The third-order valence-electron chi connectivity index (χ3n) is 4.93. The summed E-state index contributed by atoms with van der Waals surface area (Å²) in [5.74, 6) is 0.0662. The van der Waals surface area contributed by atoms with Gasteiger partial charge in [0.2, 0.25) is 0 Å². The Kier molecular flexibility index (Phi) is 5.65. The molecule has 0 spiro atoms. The molecule has 0 aromatic heterocycles. The van der Waals surface area contributed by atoms with Crippen LogP contribution in [0.2, 0.25) is 5.02 Å². The van der Waals surface area contributed by atoms with Crippen LogP contribution in [-0.2, 0) is 4.79 Å². The average Bonchev–Trinajstić information content (AvgIpc) is 3.00. The van der Waals surface area contributed by atoms with Crippen molar-refractivity contribution in [2.24, 2.45) is 4.99 Å². The predicted molar refractivity (Wildman–Crippen MR) is 114 cm³/mol. The van der Waals surface area contributed by atoms with E-state index >= 15 is 0 Å². The lowest BCUT2D eigenvalue weighted by Crippen LogP contribution is -2.40. The lowest BCUT2D eigenvalue weighted by Gasteiger charge is -2.30. The number of rotatable bonds is 3. The van der Waals surface area contributed by atoms with Crippen LogP contribution in [0.15, 0.2) is 64.5 Å². The highest BCUT2D eigenvalue weighted by atomic mass is 35.5. The Morgan fingerprint density at radius 3 is 2.41 bits per heavy atom. The van der Waals surface area contributed by atoms with Gasteiger partial charge in [0.1, 0.15) is 0 Å². The SMILES string of the molecule is O=C1C(=Cc2ccc(Cl)cc2)SC(=Nc2ccccc2)N1C1CCCCC1. The first kappa shape index (κ1) is 18.3. The van der Waals surface area contributed by atoms with E-state index in [1.54, 1.807) is 0 Å². The topological polar surface area (TPSA) is 32.7 Å². The van der Waals surface area contributed by atoms with Gasteiger partial charge >= 0.3 is 0 Å². The number of benzene rings is 2. The Balaban J connectivity index is 1.68. The van der Waals surface area contributed by atoms with Crippen molar-refractivity contribution >= 4 is 46.2 Å². The van der Waals surface area contributed by atoms with Gasteiger partial charge < -0.3 is 0 Å². The molecule has 1 aliphatic carbocycles. The third-order valence-corrected chi connectivity index (χ3v) is 6.16. The highest BCUT2D eigenvalue weighted by Crippen LogP contribution is 2.38. The monoisotopic (exact) mass is 396 g/mol. The van der Waals surface area contributed by atoms with Crippen LogP contribution in [0.1, 0.15) is 37.7 Å². The summed E-state index contributed by atoms with van der Waals surface area (Å²) in [6.45, 7) is 0. The summed E-state index contributed by atoms with van der Waals surface area (Å²) < 4.78 is 0. The minimum absolute atomic E-state index is 0.0662. The zero-order chi connectivity index (χ0) is 18.6. The lowest BCUT2D eigenvalue weighted by atomic mass is 9.94. The first-order chi connectivity index (χ1) is 13.2. The van der Waals surface area contributed by atoms with Gasteiger partial charge in [0.05, 0.1) is 10.6 Å². The number of para-hydroxylation sites is 1. The highest BCUT2D eigenvalue weighted by Gasteiger charge is 2.38. The van der Waals surface area contributed by atoms with Gasteiger partial charge in [0.15, 0.2) is 5.17 Å². The highest BCUT2D eigenvalue weighted by molar-refractivity contribution is 8.18. The second-order valence-corrected chi connectivity index (χ2v) is 8.30. The summed E-state index contributed by atoms with van der Waals surface area (Å²) in [6, 6.07) is 17.6. The van der Waals surface area contributed by atoms with E-state index in [-0.39, 0.29) is 11.9 Å². The number of nitrogens with zero attached hydrogens (tertiary/aromatic N) is 2. The minimum Gasteiger partial charge on any atom is -0.283 e. The molecule has 1 heterocycles. The number of amides is 1. The van der Waals surface area contributed by atoms with Crippen LogP contribution >= 0.6 is 23.4 Å². The Morgan fingerprint density at radius 2 is 1.70 bits per heavy atom. The van der Waals surface area contributed by atoms with Gasteiger partial charge in [-0.15, -0.1) is 0 Å². The average molecular weight is 397 g/mol. The van der Waals surface area contributed by atoms with Crippen LogP contribution in [0.3, 0.4) is 0 Å². The van der Waals surface area contributed by atoms with Crippen molar-refractivity contribution in [3.05, 3.63) is 70.1 Å². The molecule has 1 saturated carbocycles. The molecule has 4 rings (SSSR count). The van der Waals surface area contributed by atoms with Gasteiger partial charge in [-0.1, -0.05) is 61.2 Å². The summed E-state index contributed by atoms with van der Waals surface area (Å²) in [6.07, 6.45) is 7.64. The molecular formula is C22H21ClN2OS. The van der Waals surface area contributed by atoms with Crippen LogP contribution in [0, 0.1) is 0 Å². The van der Waals surface area contributed by atoms with Crippen LogP contribution in [0.5, 0.6) is 0 Å². The summed E-state index contributed by atoms with van der Waals surface area (Å²) in [5.41, 5.74) is 1.85. The van der Waals surface area contributed by atoms with Crippen molar-refractivity contribution in [1.82, 2.24) is 4.90 Å². The summed E-state index contributed by atoms with van der Waals surface area (Å²) in [5, 5.41) is 1.48. The predicted octanol–water partition coefficient (Wildman–Crippen LogP) is 6.28. The van der Waals surface area contributed by atoms with Crippen molar-refractivity contribution in [2.75, 3.05) is 0 Å². The fourth-order valence-electron chi connectivity index (χ4n) is 3.55. The van der Waals surface area contributed by atoms with Crippen molar-refractivity contribution in [1.29, 1.82) is 0 Å².